The standard InChI is InChI=1S/C26H26ClN3O3/c1-16-8-10-18(13-22(16)27)30-26(31)29-14-20(17-9-11-24(32-2)25(12-17)33-3)21-15-28-23-7-5-4-6-19(21)23/h4-13,15,20,28H,14H2,1-3H3,(H2,29,30,31)/t20-/m0/s1. The maximum atomic E-state index is 12.7. The van der Waals surface area contributed by atoms with Crippen LogP contribution in [0.25, 0.3) is 10.9 Å². The van der Waals surface area contributed by atoms with E-state index < -0.39 is 0 Å². The van der Waals surface area contributed by atoms with Crippen molar-refractivity contribution in [3.63, 3.8) is 0 Å². The maximum absolute atomic E-state index is 12.7. The van der Waals surface area contributed by atoms with E-state index in [1.807, 2.05) is 61.7 Å². The summed E-state index contributed by atoms with van der Waals surface area (Å²) in [6.45, 7) is 2.30. The molecule has 6 nitrogen and oxygen atoms in total. The fourth-order valence-electron chi connectivity index (χ4n) is 3.90. The Labute approximate surface area is 197 Å². The Morgan fingerprint density at radius 3 is 2.58 bits per heavy atom. The first-order valence-electron chi connectivity index (χ1n) is 10.6. The Kier molecular flexibility index (Phi) is 6.75. The fraction of sp³-hybridized carbons (Fsp3) is 0.192. The summed E-state index contributed by atoms with van der Waals surface area (Å²) in [7, 11) is 3.22. The summed E-state index contributed by atoms with van der Waals surface area (Å²) in [4.78, 5) is 16.0. The van der Waals surface area contributed by atoms with Crippen molar-refractivity contribution < 1.29 is 14.3 Å². The molecule has 0 fully saturated rings. The van der Waals surface area contributed by atoms with E-state index in [4.69, 9.17) is 21.1 Å². The minimum absolute atomic E-state index is 0.117. The molecule has 4 rings (SSSR count). The molecule has 0 aliphatic carbocycles. The van der Waals surface area contributed by atoms with Crippen molar-refractivity contribution >= 4 is 34.2 Å². The van der Waals surface area contributed by atoms with Gasteiger partial charge in [0.2, 0.25) is 0 Å². The summed E-state index contributed by atoms with van der Waals surface area (Å²) in [5.41, 5.74) is 4.71. The van der Waals surface area contributed by atoms with Gasteiger partial charge < -0.3 is 25.1 Å². The summed E-state index contributed by atoms with van der Waals surface area (Å²) in [6.07, 6.45) is 1.99. The molecular weight excluding hydrogens is 438 g/mol. The predicted octanol–water partition coefficient (Wildman–Crippen LogP) is 6.10. The number of amides is 2. The summed E-state index contributed by atoms with van der Waals surface area (Å²) in [5, 5.41) is 7.56. The van der Waals surface area contributed by atoms with Crippen molar-refractivity contribution in [1.82, 2.24) is 10.3 Å². The highest BCUT2D eigenvalue weighted by atomic mass is 35.5. The third-order valence-electron chi connectivity index (χ3n) is 5.70. The van der Waals surface area contributed by atoms with Crippen LogP contribution in [0, 0.1) is 6.92 Å². The molecule has 2 amide bonds. The Morgan fingerprint density at radius 1 is 1.03 bits per heavy atom. The van der Waals surface area contributed by atoms with Crippen molar-refractivity contribution in [2.24, 2.45) is 0 Å². The molecule has 33 heavy (non-hydrogen) atoms. The van der Waals surface area contributed by atoms with Crippen LogP contribution in [-0.2, 0) is 0 Å². The summed E-state index contributed by atoms with van der Waals surface area (Å²) in [5.74, 6) is 1.17. The van der Waals surface area contributed by atoms with Crippen molar-refractivity contribution in [3.05, 3.63) is 88.6 Å². The topological polar surface area (TPSA) is 75.4 Å². The fourth-order valence-corrected chi connectivity index (χ4v) is 4.08. The van der Waals surface area contributed by atoms with Crippen LogP contribution in [0.1, 0.15) is 22.6 Å². The molecule has 0 unspecified atom stereocenters. The molecule has 0 bridgehead atoms. The number of rotatable bonds is 7. The molecule has 1 aromatic heterocycles. The molecule has 1 heterocycles. The zero-order valence-corrected chi connectivity index (χ0v) is 19.5. The van der Waals surface area contributed by atoms with E-state index in [2.05, 4.69) is 21.7 Å². The summed E-state index contributed by atoms with van der Waals surface area (Å²) in [6, 6.07) is 19.1. The third kappa shape index (κ3) is 4.91. The lowest BCUT2D eigenvalue weighted by molar-refractivity contribution is 0.252. The van der Waals surface area contributed by atoms with Crippen LogP contribution in [0.5, 0.6) is 11.5 Å². The number of ether oxygens (including phenoxy) is 2. The molecular formula is C26H26ClN3O3. The van der Waals surface area contributed by atoms with Crippen LogP contribution in [-0.4, -0.2) is 31.8 Å². The van der Waals surface area contributed by atoms with Gasteiger partial charge in [-0.15, -0.1) is 0 Å². The van der Waals surface area contributed by atoms with E-state index in [0.717, 1.165) is 27.6 Å². The maximum Gasteiger partial charge on any atom is 0.319 e. The minimum atomic E-state index is -0.305. The molecule has 7 heteroatoms. The molecule has 1 atom stereocenters. The third-order valence-corrected chi connectivity index (χ3v) is 6.11. The van der Waals surface area contributed by atoms with E-state index >= 15 is 0 Å². The number of para-hydroxylation sites is 1. The number of methoxy groups -OCH3 is 2. The smallest absolute Gasteiger partial charge is 0.319 e. The van der Waals surface area contributed by atoms with Crippen molar-refractivity contribution in [2.45, 2.75) is 12.8 Å². The largest absolute Gasteiger partial charge is 0.493 e. The van der Waals surface area contributed by atoms with Gasteiger partial charge in [0.25, 0.3) is 0 Å². The van der Waals surface area contributed by atoms with Crippen LogP contribution in [0.15, 0.2) is 66.9 Å². The van der Waals surface area contributed by atoms with Gasteiger partial charge in [0.1, 0.15) is 0 Å². The SMILES string of the molecule is COc1ccc([C@H](CNC(=O)Nc2ccc(C)c(Cl)c2)c2c[nH]c3ccccc23)cc1OC. The molecule has 0 radical (unpaired) electrons. The van der Waals surface area contributed by atoms with Gasteiger partial charge in [0.05, 0.1) is 14.2 Å². The number of H-pyrrole nitrogens is 1. The van der Waals surface area contributed by atoms with E-state index in [-0.39, 0.29) is 11.9 Å². The van der Waals surface area contributed by atoms with Gasteiger partial charge in [0, 0.05) is 40.3 Å². The van der Waals surface area contributed by atoms with Gasteiger partial charge in [-0.25, -0.2) is 4.79 Å². The van der Waals surface area contributed by atoms with Crippen molar-refractivity contribution in [2.75, 3.05) is 26.1 Å². The first kappa shape index (κ1) is 22.6. The normalized spacial score (nSPS) is 11.8. The number of urea groups is 1. The van der Waals surface area contributed by atoms with E-state index in [1.165, 1.54) is 0 Å². The van der Waals surface area contributed by atoms with E-state index in [0.29, 0.717) is 28.8 Å². The summed E-state index contributed by atoms with van der Waals surface area (Å²) >= 11 is 6.18. The first-order chi connectivity index (χ1) is 16.0. The van der Waals surface area contributed by atoms with Crippen molar-refractivity contribution in [1.29, 1.82) is 0 Å². The number of hydrogen-bond donors (Lipinski definition) is 3. The van der Waals surface area contributed by atoms with Crippen molar-refractivity contribution in [3.8, 4) is 11.5 Å². The van der Waals surface area contributed by atoms with Crippen LogP contribution in [0.2, 0.25) is 5.02 Å². The molecule has 0 saturated heterocycles. The number of hydrogen-bond acceptors (Lipinski definition) is 3. The molecule has 4 aromatic rings. The number of benzene rings is 3. The Bertz CT molecular complexity index is 1290. The second-order valence-corrected chi connectivity index (χ2v) is 8.16. The zero-order chi connectivity index (χ0) is 23.4. The quantitative estimate of drug-likeness (QED) is 0.310. The number of aryl methyl sites for hydroxylation is 1. The molecule has 170 valence electrons. The first-order valence-corrected chi connectivity index (χ1v) is 11.0. The number of carbonyl (C=O) groups is 1. The number of carbonyl (C=O) groups excluding carboxylic acids is 1. The summed E-state index contributed by atoms with van der Waals surface area (Å²) < 4.78 is 10.9. The van der Waals surface area contributed by atoms with Crippen LogP contribution in [0.4, 0.5) is 10.5 Å². The van der Waals surface area contributed by atoms with Gasteiger partial charge in [-0.1, -0.05) is 41.9 Å². The van der Waals surface area contributed by atoms with Crippen LogP contribution in [0.3, 0.4) is 0 Å². The number of aromatic nitrogens is 1. The number of halogens is 1. The van der Waals surface area contributed by atoms with Gasteiger partial charge >= 0.3 is 6.03 Å². The van der Waals surface area contributed by atoms with E-state index in [9.17, 15) is 4.79 Å². The van der Waals surface area contributed by atoms with Gasteiger partial charge in [-0.2, -0.15) is 0 Å². The molecule has 3 aromatic carbocycles. The second kappa shape index (κ2) is 9.88. The molecule has 0 aliphatic rings. The zero-order valence-electron chi connectivity index (χ0n) is 18.7. The number of nitrogens with one attached hydrogen (secondary N) is 3. The average Bonchev–Trinajstić information content (AvgIpc) is 3.25. The lowest BCUT2D eigenvalue weighted by Gasteiger charge is -2.20. The Hall–Kier alpha value is -3.64. The lowest BCUT2D eigenvalue weighted by Crippen LogP contribution is -2.32. The highest BCUT2D eigenvalue weighted by molar-refractivity contribution is 6.31. The van der Waals surface area contributed by atoms with Crippen LogP contribution >= 0.6 is 11.6 Å². The average molecular weight is 464 g/mol. The minimum Gasteiger partial charge on any atom is -0.493 e. The molecule has 0 spiro atoms. The number of aromatic amines is 1. The predicted molar refractivity (Wildman–Crippen MR) is 133 cm³/mol. The van der Waals surface area contributed by atoms with Crippen LogP contribution < -0.4 is 20.1 Å². The molecule has 3 N–H and O–H groups in total. The van der Waals surface area contributed by atoms with Gasteiger partial charge in [0.15, 0.2) is 11.5 Å². The number of anilines is 1. The lowest BCUT2D eigenvalue weighted by atomic mass is 9.90. The second-order valence-electron chi connectivity index (χ2n) is 7.76. The highest BCUT2D eigenvalue weighted by Gasteiger charge is 2.21. The Morgan fingerprint density at radius 2 is 1.82 bits per heavy atom. The highest BCUT2D eigenvalue weighted by Crippen LogP contribution is 2.35. The van der Waals surface area contributed by atoms with Gasteiger partial charge in [-0.05, 0) is 53.9 Å². The monoisotopic (exact) mass is 463 g/mol. The van der Waals surface area contributed by atoms with E-state index in [1.54, 1.807) is 20.3 Å². The molecule has 0 aliphatic heterocycles. The Balaban J connectivity index is 1.62. The van der Waals surface area contributed by atoms with Gasteiger partial charge in [-0.3, -0.25) is 0 Å². The molecule has 0 saturated carbocycles. The number of fused-ring (bicyclic) bond motifs is 1.